The average Bonchev–Trinajstić information content (AvgIpc) is 3.48. The number of allylic oxidation sites excluding steroid dienone is 3. The minimum atomic E-state index is -1.98. The summed E-state index contributed by atoms with van der Waals surface area (Å²) in [5, 5.41) is 0.324. The van der Waals surface area contributed by atoms with Crippen molar-refractivity contribution < 1.29 is 23.1 Å². The van der Waals surface area contributed by atoms with Gasteiger partial charge in [-0.15, -0.1) is 0 Å². The van der Waals surface area contributed by atoms with Gasteiger partial charge in [0.25, 0.3) is 0 Å². The van der Waals surface area contributed by atoms with Crippen LogP contribution >= 0.6 is 0 Å². The van der Waals surface area contributed by atoms with Gasteiger partial charge in [-0.05, 0) is 131 Å². The Morgan fingerprint density at radius 1 is 0.936 bits per heavy atom. The van der Waals surface area contributed by atoms with Crippen LogP contribution in [0.2, 0.25) is 36.3 Å². The third-order valence-electron chi connectivity index (χ3n) is 13.3. The lowest BCUT2D eigenvalue weighted by Crippen LogP contribution is -2.49. The van der Waals surface area contributed by atoms with E-state index in [0.29, 0.717) is 30.1 Å². The second kappa shape index (κ2) is 14.6. The Morgan fingerprint density at radius 3 is 2.23 bits per heavy atom. The molecule has 270 valence electrons. The topological polar surface area (TPSA) is 46.2 Å². The van der Waals surface area contributed by atoms with E-state index in [1.54, 1.807) is 12.7 Å². The molecule has 4 aliphatic rings. The molecule has 6 atom stereocenters. The third-order valence-corrected chi connectivity index (χ3v) is 22.4. The molecular weight excluding hydrogens is 617 g/mol. The summed E-state index contributed by atoms with van der Waals surface area (Å²) in [5.74, 6) is 1.32. The minimum absolute atomic E-state index is 0.0199. The molecule has 0 unspecified atom stereocenters. The molecule has 4 fully saturated rings. The fourth-order valence-corrected chi connectivity index (χ4v) is 11.0. The number of rotatable bonds is 12. The van der Waals surface area contributed by atoms with Crippen molar-refractivity contribution in [3.05, 3.63) is 35.5 Å². The van der Waals surface area contributed by atoms with Crippen molar-refractivity contribution in [3.63, 3.8) is 0 Å². The molecule has 1 heterocycles. The van der Waals surface area contributed by atoms with Crippen LogP contribution in [0, 0.1) is 17.3 Å². The number of hydrogen-bond donors (Lipinski definition) is 0. The standard InChI is InChI=1S/C40H72O5Si2/c1-29-31(25-32(44-46(11,12)37(2,3)4)26-36(29)45-47(13,14)38(5,6)7)20-19-30-17-15-24-40-27-42-35(34(40)22-21-33(30)40)18-16-23-39(8,9)43-28-41-10/h19-20,32-36H,1,15-18,21-28H2,2-14H3/b30-19+,31-20-/t32-,33+,34-,35-,36+,40-/m1/s1. The van der Waals surface area contributed by atoms with Gasteiger partial charge in [0.1, 0.15) is 6.79 Å². The maximum Gasteiger partial charge on any atom is 0.192 e. The summed E-state index contributed by atoms with van der Waals surface area (Å²) < 4.78 is 31.9. The lowest BCUT2D eigenvalue weighted by molar-refractivity contribution is -0.118. The molecule has 0 aromatic rings. The number of methoxy groups -OCH3 is 1. The molecule has 3 saturated carbocycles. The van der Waals surface area contributed by atoms with Gasteiger partial charge in [-0.2, -0.15) is 0 Å². The van der Waals surface area contributed by atoms with E-state index in [4.69, 9.17) is 29.6 Å². The summed E-state index contributed by atoms with van der Waals surface area (Å²) in [7, 11) is -2.23. The Kier molecular flexibility index (Phi) is 12.2. The lowest BCUT2D eigenvalue weighted by atomic mass is 9.62. The van der Waals surface area contributed by atoms with Crippen molar-refractivity contribution in [1.82, 2.24) is 0 Å². The van der Waals surface area contributed by atoms with Crippen molar-refractivity contribution in [1.29, 1.82) is 0 Å². The Bertz CT molecular complexity index is 1160. The normalized spacial score (nSPS) is 32.7. The first-order valence-electron chi connectivity index (χ1n) is 18.8. The highest BCUT2D eigenvalue weighted by Crippen LogP contribution is 2.62. The summed E-state index contributed by atoms with van der Waals surface area (Å²) in [6.07, 6.45) is 17.0. The van der Waals surface area contributed by atoms with Gasteiger partial charge in [0.05, 0.1) is 30.5 Å². The molecule has 1 aliphatic heterocycles. The largest absolute Gasteiger partial charge is 0.413 e. The number of hydrogen-bond acceptors (Lipinski definition) is 5. The molecule has 0 amide bonds. The van der Waals surface area contributed by atoms with Gasteiger partial charge in [-0.25, -0.2) is 0 Å². The van der Waals surface area contributed by atoms with Gasteiger partial charge in [0.15, 0.2) is 16.6 Å². The predicted molar refractivity (Wildman–Crippen MR) is 202 cm³/mol. The van der Waals surface area contributed by atoms with Crippen molar-refractivity contribution in [3.8, 4) is 0 Å². The van der Waals surface area contributed by atoms with Crippen LogP contribution in [-0.2, 0) is 23.1 Å². The highest BCUT2D eigenvalue weighted by molar-refractivity contribution is 6.74. The van der Waals surface area contributed by atoms with E-state index in [-0.39, 0.29) is 27.9 Å². The molecule has 0 bridgehead atoms. The van der Waals surface area contributed by atoms with Crippen LogP contribution in [0.25, 0.3) is 0 Å². The molecule has 47 heavy (non-hydrogen) atoms. The van der Waals surface area contributed by atoms with E-state index >= 15 is 0 Å². The van der Waals surface area contributed by atoms with Crippen LogP contribution in [0.15, 0.2) is 35.5 Å². The van der Waals surface area contributed by atoms with Crippen molar-refractivity contribution in [2.24, 2.45) is 17.3 Å². The van der Waals surface area contributed by atoms with Gasteiger partial charge >= 0.3 is 0 Å². The molecule has 0 aromatic heterocycles. The summed E-state index contributed by atoms with van der Waals surface area (Å²) in [6, 6.07) is 0. The molecule has 3 aliphatic carbocycles. The lowest BCUT2D eigenvalue weighted by Gasteiger charge is -2.45. The van der Waals surface area contributed by atoms with Gasteiger partial charge in [0, 0.05) is 18.9 Å². The highest BCUT2D eigenvalue weighted by atomic mass is 28.4. The maximum absolute atomic E-state index is 7.10. The van der Waals surface area contributed by atoms with E-state index in [1.807, 2.05) is 0 Å². The van der Waals surface area contributed by atoms with Crippen LogP contribution in [0.1, 0.15) is 120 Å². The smallest absolute Gasteiger partial charge is 0.192 e. The van der Waals surface area contributed by atoms with Crippen molar-refractivity contribution in [2.45, 2.75) is 180 Å². The first-order chi connectivity index (χ1) is 21.6. The third kappa shape index (κ3) is 8.85. The molecule has 4 rings (SSSR count). The molecule has 7 heteroatoms. The zero-order chi connectivity index (χ0) is 35.1. The summed E-state index contributed by atoms with van der Waals surface area (Å²) in [6.45, 7) is 33.9. The Labute approximate surface area is 291 Å². The van der Waals surface area contributed by atoms with Crippen LogP contribution in [0.5, 0.6) is 0 Å². The Balaban J connectivity index is 1.52. The average molecular weight is 689 g/mol. The summed E-state index contributed by atoms with van der Waals surface area (Å²) in [5.41, 5.74) is 4.32. The van der Waals surface area contributed by atoms with E-state index in [0.717, 1.165) is 38.7 Å². The van der Waals surface area contributed by atoms with E-state index in [9.17, 15) is 0 Å². The van der Waals surface area contributed by atoms with Crippen molar-refractivity contribution in [2.75, 3.05) is 20.5 Å². The minimum Gasteiger partial charge on any atom is -0.413 e. The second-order valence-corrected chi connectivity index (χ2v) is 28.7. The monoisotopic (exact) mass is 688 g/mol. The molecule has 1 spiro atoms. The number of ether oxygens (including phenoxy) is 3. The maximum atomic E-state index is 7.10. The Morgan fingerprint density at radius 2 is 1.60 bits per heavy atom. The van der Waals surface area contributed by atoms with Crippen LogP contribution in [0.3, 0.4) is 0 Å². The van der Waals surface area contributed by atoms with Gasteiger partial charge < -0.3 is 23.1 Å². The van der Waals surface area contributed by atoms with Crippen LogP contribution in [-0.4, -0.2) is 61.1 Å². The first kappa shape index (κ1) is 39.2. The molecule has 0 N–H and O–H groups in total. The molecule has 5 nitrogen and oxygen atoms in total. The van der Waals surface area contributed by atoms with Crippen LogP contribution in [0.4, 0.5) is 0 Å². The quantitative estimate of drug-likeness (QED) is 0.151. The fraction of sp³-hybridized carbons (Fsp3) is 0.850. The zero-order valence-electron chi connectivity index (χ0n) is 32.8. The fourth-order valence-electron chi connectivity index (χ4n) is 8.37. The van der Waals surface area contributed by atoms with Crippen LogP contribution < -0.4 is 0 Å². The molecule has 1 saturated heterocycles. The van der Waals surface area contributed by atoms with E-state index in [1.165, 1.54) is 43.3 Å². The zero-order valence-corrected chi connectivity index (χ0v) is 34.8. The highest BCUT2D eigenvalue weighted by Gasteiger charge is 2.58. The van der Waals surface area contributed by atoms with Crippen molar-refractivity contribution >= 4 is 16.6 Å². The van der Waals surface area contributed by atoms with Gasteiger partial charge in [0.2, 0.25) is 0 Å². The summed E-state index contributed by atoms with van der Waals surface area (Å²) >= 11 is 0. The Hall–Kier alpha value is -0.546. The molecular formula is C40H72O5Si2. The van der Waals surface area contributed by atoms with E-state index < -0.39 is 16.6 Å². The van der Waals surface area contributed by atoms with Gasteiger partial charge in [-0.3, -0.25) is 0 Å². The molecule has 0 radical (unpaired) electrons. The molecule has 0 aromatic carbocycles. The van der Waals surface area contributed by atoms with E-state index in [2.05, 4.69) is 93.7 Å². The predicted octanol–water partition coefficient (Wildman–Crippen LogP) is 11.1. The van der Waals surface area contributed by atoms with Gasteiger partial charge in [-0.1, -0.05) is 65.8 Å². The first-order valence-corrected chi connectivity index (χ1v) is 24.6. The second-order valence-electron chi connectivity index (χ2n) is 19.1. The summed E-state index contributed by atoms with van der Waals surface area (Å²) in [4.78, 5) is 0. The SMILES string of the molecule is C=C1/C(=C\C=C2/CCC[C@]34CO[C@H](CCCC(C)(C)OCOC)[C@H]3CC[C@@H]24)C[C@@H](O[Si](C)(C)C(C)(C)C)C[C@@H]1O[Si](C)(C)C(C)(C)C.